The fourth-order valence-electron chi connectivity index (χ4n) is 3.31. The SMILES string of the molecule is C=CCn1c(COc2ccc(C)cc2)nnc1SCC(=O)Nc1ncc(Cc2ccc(C)c(Cl)c2)s1. The van der Waals surface area contributed by atoms with Gasteiger partial charge in [0.05, 0.1) is 5.75 Å². The van der Waals surface area contributed by atoms with E-state index in [1.807, 2.05) is 54.8 Å². The van der Waals surface area contributed by atoms with Crippen LogP contribution in [-0.2, 0) is 24.4 Å². The summed E-state index contributed by atoms with van der Waals surface area (Å²) in [5.74, 6) is 1.44. The first-order valence-corrected chi connectivity index (χ1v) is 13.4. The van der Waals surface area contributed by atoms with E-state index < -0.39 is 0 Å². The number of nitrogens with zero attached hydrogens (tertiary/aromatic N) is 4. The van der Waals surface area contributed by atoms with Crippen molar-refractivity contribution in [3.05, 3.63) is 93.7 Å². The van der Waals surface area contributed by atoms with Gasteiger partial charge in [-0.3, -0.25) is 9.36 Å². The molecule has 7 nitrogen and oxygen atoms in total. The number of aromatic nitrogens is 4. The quantitative estimate of drug-likeness (QED) is 0.183. The maximum absolute atomic E-state index is 12.6. The van der Waals surface area contributed by atoms with Crippen molar-refractivity contribution in [1.29, 1.82) is 0 Å². The van der Waals surface area contributed by atoms with Crippen molar-refractivity contribution in [2.24, 2.45) is 0 Å². The molecule has 186 valence electrons. The maximum Gasteiger partial charge on any atom is 0.236 e. The van der Waals surface area contributed by atoms with Crippen molar-refractivity contribution in [3.8, 4) is 5.75 Å². The average Bonchev–Trinajstić information content (AvgIpc) is 3.46. The van der Waals surface area contributed by atoms with Gasteiger partial charge in [0.1, 0.15) is 12.4 Å². The Bertz CT molecular complexity index is 1350. The molecular formula is C26H26ClN5O2S2. The molecule has 0 aliphatic heterocycles. The van der Waals surface area contributed by atoms with Gasteiger partial charge in [0, 0.05) is 29.1 Å². The lowest BCUT2D eigenvalue weighted by molar-refractivity contribution is -0.113. The summed E-state index contributed by atoms with van der Waals surface area (Å²) in [6, 6.07) is 13.8. The molecule has 2 heterocycles. The third-order valence-electron chi connectivity index (χ3n) is 5.24. The molecule has 4 aromatic rings. The van der Waals surface area contributed by atoms with Gasteiger partial charge >= 0.3 is 0 Å². The number of amides is 1. The van der Waals surface area contributed by atoms with E-state index in [4.69, 9.17) is 16.3 Å². The highest BCUT2D eigenvalue weighted by Gasteiger charge is 2.15. The first-order chi connectivity index (χ1) is 17.4. The number of hydrogen-bond donors (Lipinski definition) is 1. The van der Waals surface area contributed by atoms with Crippen LogP contribution in [0.2, 0.25) is 5.02 Å². The molecule has 0 aliphatic carbocycles. The lowest BCUT2D eigenvalue weighted by Crippen LogP contribution is -2.14. The molecule has 36 heavy (non-hydrogen) atoms. The first-order valence-electron chi connectivity index (χ1n) is 11.3. The summed E-state index contributed by atoms with van der Waals surface area (Å²) < 4.78 is 7.74. The molecule has 10 heteroatoms. The van der Waals surface area contributed by atoms with Crippen molar-refractivity contribution >= 4 is 45.7 Å². The van der Waals surface area contributed by atoms with Gasteiger partial charge in [0.25, 0.3) is 0 Å². The average molecular weight is 540 g/mol. The molecule has 0 saturated heterocycles. The van der Waals surface area contributed by atoms with Crippen LogP contribution in [0.5, 0.6) is 5.75 Å². The number of aryl methyl sites for hydroxylation is 2. The highest BCUT2D eigenvalue weighted by Crippen LogP contribution is 2.25. The molecule has 0 bridgehead atoms. The zero-order valence-electron chi connectivity index (χ0n) is 20.0. The number of nitrogens with one attached hydrogen (secondary N) is 1. The van der Waals surface area contributed by atoms with Gasteiger partial charge in [-0.05, 0) is 43.2 Å². The zero-order valence-corrected chi connectivity index (χ0v) is 22.4. The fraction of sp³-hybridized carbons (Fsp3) is 0.231. The Balaban J connectivity index is 1.31. The van der Waals surface area contributed by atoms with Gasteiger partial charge in [-0.25, -0.2) is 4.98 Å². The van der Waals surface area contributed by atoms with Crippen molar-refractivity contribution in [1.82, 2.24) is 19.7 Å². The maximum atomic E-state index is 12.6. The topological polar surface area (TPSA) is 81.9 Å². The fourth-order valence-corrected chi connectivity index (χ4v) is 5.14. The Labute approximate surface area is 223 Å². The number of thioether (sulfide) groups is 1. The first kappa shape index (κ1) is 25.9. The number of rotatable bonds is 11. The largest absolute Gasteiger partial charge is 0.486 e. The number of carbonyl (C=O) groups is 1. The summed E-state index contributed by atoms with van der Waals surface area (Å²) in [6.45, 7) is 8.61. The second-order valence-electron chi connectivity index (χ2n) is 8.13. The van der Waals surface area contributed by atoms with E-state index in [1.54, 1.807) is 12.3 Å². The van der Waals surface area contributed by atoms with Gasteiger partial charge in [0.15, 0.2) is 16.1 Å². The highest BCUT2D eigenvalue weighted by atomic mass is 35.5. The van der Waals surface area contributed by atoms with Crippen molar-refractivity contribution in [2.45, 2.75) is 38.6 Å². The standard InChI is InChI=1S/C26H26ClN5O2S2/c1-4-11-32-23(15-34-20-9-5-17(2)6-10-20)30-31-26(32)35-16-24(33)29-25-28-14-21(36-25)12-19-8-7-18(3)22(27)13-19/h4-10,13-14H,1,11-12,15-16H2,2-3H3,(H,28,29,33). The number of hydrogen-bond acceptors (Lipinski definition) is 7. The minimum absolute atomic E-state index is 0.162. The molecule has 2 aromatic heterocycles. The van der Waals surface area contributed by atoms with E-state index >= 15 is 0 Å². The van der Waals surface area contributed by atoms with Gasteiger partial charge in [-0.1, -0.05) is 59.3 Å². The lowest BCUT2D eigenvalue weighted by Gasteiger charge is -2.09. The van der Waals surface area contributed by atoms with Crippen molar-refractivity contribution < 1.29 is 9.53 Å². The molecule has 0 aliphatic rings. The van der Waals surface area contributed by atoms with Crippen LogP contribution in [-0.4, -0.2) is 31.4 Å². The Hall–Kier alpha value is -3.14. The van der Waals surface area contributed by atoms with Crippen LogP contribution in [0.3, 0.4) is 0 Å². The smallest absolute Gasteiger partial charge is 0.236 e. The monoisotopic (exact) mass is 539 g/mol. The van der Waals surface area contributed by atoms with Crippen LogP contribution in [0.15, 0.2) is 66.5 Å². The summed E-state index contributed by atoms with van der Waals surface area (Å²) in [5.41, 5.74) is 3.32. The van der Waals surface area contributed by atoms with Gasteiger partial charge < -0.3 is 10.1 Å². The number of ether oxygens (including phenoxy) is 1. The Morgan fingerprint density at radius 2 is 2.03 bits per heavy atom. The third-order valence-corrected chi connectivity index (χ3v) is 7.53. The van der Waals surface area contributed by atoms with E-state index in [-0.39, 0.29) is 18.3 Å². The third kappa shape index (κ3) is 6.96. The van der Waals surface area contributed by atoms with Gasteiger partial charge in [-0.15, -0.1) is 28.1 Å². The number of halogens is 1. The van der Waals surface area contributed by atoms with Crippen LogP contribution >= 0.6 is 34.7 Å². The molecule has 1 N–H and O–H groups in total. The second kappa shape index (κ2) is 12.2. The van der Waals surface area contributed by atoms with Gasteiger partial charge in [-0.2, -0.15) is 0 Å². The van der Waals surface area contributed by atoms with E-state index in [0.29, 0.717) is 29.1 Å². The number of allylic oxidation sites excluding steroid dienone is 1. The van der Waals surface area contributed by atoms with Crippen LogP contribution in [0, 0.1) is 13.8 Å². The normalized spacial score (nSPS) is 10.9. The minimum Gasteiger partial charge on any atom is -0.486 e. The van der Waals surface area contributed by atoms with E-state index in [2.05, 4.69) is 33.1 Å². The molecule has 0 radical (unpaired) electrons. The number of thiazole rings is 1. The van der Waals surface area contributed by atoms with Crippen LogP contribution in [0.4, 0.5) is 5.13 Å². The zero-order chi connectivity index (χ0) is 25.5. The summed E-state index contributed by atoms with van der Waals surface area (Å²) in [6.07, 6.45) is 4.25. The molecule has 4 rings (SSSR count). The van der Waals surface area contributed by atoms with Crippen LogP contribution in [0.1, 0.15) is 27.4 Å². The number of carbonyl (C=O) groups excluding carboxylic acids is 1. The van der Waals surface area contributed by atoms with Crippen LogP contribution in [0.25, 0.3) is 0 Å². The molecule has 0 atom stereocenters. The minimum atomic E-state index is -0.162. The van der Waals surface area contributed by atoms with Crippen LogP contribution < -0.4 is 10.1 Å². The van der Waals surface area contributed by atoms with Gasteiger partial charge in [0.2, 0.25) is 5.91 Å². The summed E-state index contributed by atoms with van der Waals surface area (Å²) in [5, 5.41) is 13.3. The molecule has 1 amide bonds. The predicted molar refractivity (Wildman–Crippen MR) is 146 cm³/mol. The molecule has 0 saturated carbocycles. The molecule has 0 spiro atoms. The Kier molecular flexibility index (Phi) is 8.79. The number of benzene rings is 2. The molecular weight excluding hydrogens is 514 g/mol. The lowest BCUT2D eigenvalue weighted by atomic mass is 10.1. The summed E-state index contributed by atoms with van der Waals surface area (Å²) in [7, 11) is 0. The van der Waals surface area contributed by atoms with E-state index in [1.165, 1.54) is 28.7 Å². The molecule has 0 unspecified atom stereocenters. The Morgan fingerprint density at radius 1 is 1.22 bits per heavy atom. The van der Waals surface area contributed by atoms with Crippen molar-refractivity contribution in [2.75, 3.05) is 11.1 Å². The highest BCUT2D eigenvalue weighted by molar-refractivity contribution is 7.99. The summed E-state index contributed by atoms with van der Waals surface area (Å²) >= 11 is 8.98. The predicted octanol–water partition coefficient (Wildman–Crippen LogP) is 6.09. The summed E-state index contributed by atoms with van der Waals surface area (Å²) in [4.78, 5) is 17.9. The molecule has 0 fully saturated rings. The van der Waals surface area contributed by atoms with Crippen molar-refractivity contribution in [3.63, 3.8) is 0 Å². The Morgan fingerprint density at radius 3 is 2.78 bits per heavy atom. The van der Waals surface area contributed by atoms with E-state index in [0.717, 1.165) is 26.8 Å². The number of anilines is 1. The second-order valence-corrected chi connectivity index (χ2v) is 10.6. The molecule has 2 aromatic carbocycles. The van der Waals surface area contributed by atoms with E-state index in [9.17, 15) is 4.79 Å².